The van der Waals surface area contributed by atoms with E-state index in [0.29, 0.717) is 19.5 Å². The predicted molar refractivity (Wildman–Crippen MR) is 104 cm³/mol. The summed E-state index contributed by atoms with van der Waals surface area (Å²) in [4.78, 5) is 28.5. The third kappa shape index (κ3) is 4.13. The minimum atomic E-state index is 0.0000902. The van der Waals surface area contributed by atoms with Crippen LogP contribution in [0.5, 0.6) is 0 Å². The maximum atomic E-state index is 12.8. The Labute approximate surface area is 155 Å². The smallest absolute Gasteiger partial charge is 0.228 e. The van der Waals surface area contributed by atoms with Crippen LogP contribution in [0.1, 0.15) is 36.5 Å². The molecule has 0 aromatic heterocycles. The van der Waals surface area contributed by atoms with Gasteiger partial charge in [0.15, 0.2) is 0 Å². The number of hydrogen-bond donors (Lipinski definition) is 0. The highest BCUT2D eigenvalue weighted by atomic mass is 16.2. The van der Waals surface area contributed by atoms with Crippen LogP contribution >= 0.6 is 0 Å². The fraction of sp³-hybridized carbons (Fsp3) is 0.364. The highest BCUT2D eigenvalue weighted by molar-refractivity contribution is 5.94. The summed E-state index contributed by atoms with van der Waals surface area (Å²) in [5.41, 5.74) is 4.54. The monoisotopic (exact) mass is 350 g/mol. The lowest BCUT2D eigenvalue weighted by molar-refractivity contribution is -0.130. The van der Waals surface area contributed by atoms with Gasteiger partial charge < -0.3 is 9.80 Å². The average molecular weight is 350 g/mol. The van der Waals surface area contributed by atoms with Crippen molar-refractivity contribution in [2.24, 2.45) is 0 Å². The Morgan fingerprint density at radius 1 is 1.08 bits per heavy atom. The first kappa shape index (κ1) is 18.2. The van der Waals surface area contributed by atoms with Crippen LogP contribution < -0.4 is 4.90 Å². The molecule has 2 aromatic carbocycles. The lowest BCUT2D eigenvalue weighted by Crippen LogP contribution is -2.38. The zero-order chi connectivity index (χ0) is 18.5. The van der Waals surface area contributed by atoms with Gasteiger partial charge >= 0.3 is 0 Å². The Hall–Kier alpha value is -2.62. The molecule has 0 atom stereocenters. The fourth-order valence-electron chi connectivity index (χ4n) is 3.50. The number of hydrogen-bond acceptors (Lipinski definition) is 2. The Kier molecular flexibility index (Phi) is 5.71. The number of fused-ring (bicyclic) bond motifs is 1. The van der Waals surface area contributed by atoms with Crippen LogP contribution in [0.3, 0.4) is 0 Å². The van der Waals surface area contributed by atoms with Gasteiger partial charge in [-0.1, -0.05) is 42.5 Å². The molecule has 0 bridgehead atoms. The van der Waals surface area contributed by atoms with Crippen LogP contribution in [-0.4, -0.2) is 29.8 Å². The second kappa shape index (κ2) is 8.17. The number of anilines is 1. The van der Waals surface area contributed by atoms with Crippen LogP contribution in [0.2, 0.25) is 0 Å². The molecule has 2 aromatic rings. The molecule has 136 valence electrons. The van der Waals surface area contributed by atoms with Crippen molar-refractivity contribution in [1.82, 2.24) is 4.90 Å². The van der Waals surface area contributed by atoms with Crippen molar-refractivity contribution in [3.63, 3.8) is 0 Å². The summed E-state index contributed by atoms with van der Waals surface area (Å²) < 4.78 is 0. The maximum Gasteiger partial charge on any atom is 0.228 e. The highest BCUT2D eigenvalue weighted by Gasteiger charge is 2.23. The molecule has 0 fully saturated rings. The zero-order valence-corrected chi connectivity index (χ0v) is 15.6. The molecule has 1 aliphatic rings. The molecule has 1 heterocycles. The number of para-hydroxylation sites is 1. The van der Waals surface area contributed by atoms with Gasteiger partial charge in [0.1, 0.15) is 0 Å². The van der Waals surface area contributed by atoms with Crippen LogP contribution in [0.4, 0.5) is 5.69 Å². The molecule has 0 radical (unpaired) electrons. The Morgan fingerprint density at radius 3 is 2.58 bits per heavy atom. The van der Waals surface area contributed by atoms with E-state index in [1.54, 1.807) is 11.8 Å². The Bertz CT molecular complexity index is 800. The molecule has 3 rings (SSSR count). The summed E-state index contributed by atoms with van der Waals surface area (Å²) in [6.07, 6.45) is 2.36. The van der Waals surface area contributed by atoms with E-state index in [-0.39, 0.29) is 11.8 Å². The van der Waals surface area contributed by atoms with Gasteiger partial charge in [0.05, 0.1) is 0 Å². The van der Waals surface area contributed by atoms with Gasteiger partial charge in [-0.2, -0.15) is 0 Å². The summed E-state index contributed by atoms with van der Waals surface area (Å²) >= 11 is 0. The van der Waals surface area contributed by atoms with Crippen molar-refractivity contribution in [2.45, 2.75) is 39.7 Å². The summed E-state index contributed by atoms with van der Waals surface area (Å²) in [6, 6.07) is 16.2. The zero-order valence-electron chi connectivity index (χ0n) is 15.6. The number of benzene rings is 2. The third-order valence-corrected chi connectivity index (χ3v) is 5.07. The van der Waals surface area contributed by atoms with E-state index in [1.165, 1.54) is 5.56 Å². The minimum absolute atomic E-state index is 0.0000902. The summed E-state index contributed by atoms with van der Waals surface area (Å²) in [5.74, 6) is 0.0910. The second-order valence-electron chi connectivity index (χ2n) is 6.89. The average Bonchev–Trinajstić information content (AvgIpc) is 2.65. The molecule has 2 amide bonds. The first-order valence-electron chi connectivity index (χ1n) is 9.24. The van der Waals surface area contributed by atoms with Crippen molar-refractivity contribution < 1.29 is 9.59 Å². The molecule has 0 N–H and O–H groups in total. The summed E-state index contributed by atoms with van der Waals surface area (Å²) in [5, 5.41) is 0. The van der Waals surface area contributed by atoms with Gasteiger partial charge in [-0.3, -0.25) is 9.59 Å². The largest absolute Gasteiger partial charge is 0.338 e. The van der Waals surface area contributed by atoms with Crippen molar-refractivity contribution in [3.05, 3.63) is 65.2 Å². The van der Waals surface area contributed by atoms with Gasteiger partial charge in [-0.15, -0.1) is 0 Å². The van der Waals surface area contributed by atoms with Crippen molar-refractivity contribution in [1.29, 1.82) is 0 Å². The highest BCUT2D eigenvalue weighted by Crippen LogP contribution is 2.27. The van der Waals surface area contributed by atoms with Crippen LogP contribution in [0, 0.1) is 6.92 Å². The first-order valence-corrected chi connectivity index (χ1v) is 9.24. The quantitative estimate of drug-likeness (QED) is 0.825. The number of nitrogens with zero attached hydrogens (tertiary/aromatic N) is 2. The minimum Gasteiger partial charge on any atom is -0.338 e. The number of amides is 2. The van der Waals surface area contributed by atoms with E-state index in [4.69, 9.17) is 0 Å². The van der Waals surface area contributed by atoms with E-state index < -0.39 is 0 Å². The van der Waals surface area contributed by atoms with Gasteiger partial charge in [-0.25, -0.2) is 0 Å². The number of rotatable bonds is 5. The Morgan fingerprint density at radius 2 is 1.81 bits per heavy atom. The van der Waals surface area contributed by atoms with E-state index >= 15 is 0 Å². The Balaban J connectivity index is 1.66. The lowest BCUT2D eigenvalue weighted by Gasteiger charge is -2.30. The van der Waals surface area contributed by atoms with Crippen molar-refractivity contribution >= 4 is 17.5 Å². The molecule has 4 nitrogen and oxygen atoms in total. The molecular formula is C22H26N2O2. The second-order valence-corrected chi connectivity index (χ2v) is 6.89. The van der Waals surface area contributed by atoms with Gasteiger partial charge in [0, 0.05) is 38.7 Å². The lowest BCUT2D eigenvalue weighted by atomic mass is 10.0. The molecule has 26 heavy (non-hydrogen) atoms. The molecule has 0 saturated carbocycles. The SMILES string of the molecule is CC(=O)N(CCC(=O)N1CCCc2ccccc21)Cc1ccccc1C. The van der Waals surface area contributed by atoms with E-state index in [2.05, 4.69) is 6.07 Å². The van der Waals surface area contributed by atoms with Gasteiger partial charge in [-0.05, 0) is 42.5 Å². The van der Waals surface area contributed by atoms with Crippen LogP contribution in [0.15, 0.2) is 48.5 Å². The topological polar surface area (TPSA) is 40.6 Å². The molecule has 0 unspecified atom stereocenters. The molecular weight excluding hydrogens is 324 g/mol. The molecule has 1 aliphatic heterocycles. The van der Waals surface area contributed by atoms with E-state index in [1.807, 2.05) is 54.3 Å². The number of carbonyl (C=O) groups excluding carboxylic acids is 2. The molecule has 0 saturated heterocycles. The summed E-state index contributed by atoms with van der Waals surface area (Å²) in [6.45, 7) is 5.36. The molecule has 0 aliphatic carbocycles. The molecule has 0 spiro atoms. The van der Waals surface area contributed by atoms with Gasteiger partial charge in [0.2, 0.25) is 11.8 Å². The van der Waals surface area contributed by atoms with Crippen LogP contribution in [-0.2, 0) is 22.6 Å². The van der Waals surface area contributed by atoms with E-state index in [0.717, 1.165) is 36.2 Å². The third-order valence-electron chi connectivity index (χ3n) is 5.07. The standard InChI is InChI=1S/C22H26N2O2/c1-17-8-3-4-10-20(17)16-23(18(2)25)15-13-22(26)24-14-7-11-19-9-5-6-12-21(19)24/h3-6,8-10,12H,7,11,13-16H2,1-2H3. The van der Waals surface area contributed by atoms with E-state index in [9.17, 15) is 9.59 Å². The normalized spacial score (nSPS) is 13.2. The van der Waals surface area contributed by atoms with Gasteiger partial charge in [0.25, 0.3) is 0 Å². The van der Waals surface area contributed by atoms with Crippen molar-refractivity contribution in [3.8, 4) is 0 Å². The molecule has 4 heteroatoms. The number of aryl methyl sites for hydroxylation is 2. The summed E-state index contributed by atoms with van der Waals surface area (Å²) in [7, 11) is 0. The maximum absolute atomic E-state index is 12.8. The predicted octanol–water partition coefficient (Wildman–Crippen LogP) is 3.71. The first-order chi connectivity index (χ1) is 12.6. The van der Waals surface area contributed by atoms with Crippen molar-refractivity contribution in [2.75, 3.05) is 18.0 Å². The van der Waals surface area contributed by atoms with Crippen LogP contribution in [0.25, 0.3) is 0 Å². The fourth-order valence-corrected chi connectivity index (χ4v) is 3.50. The number of carbonyl (C=O) groups is 2.